The molecule has 138 valence electrons. The zero-order chi connectivity index (χ0) is 17.1. The van der Waals surface area contributed by atoms with Crippen LogP contribution in [-0.4, -0.2) is 64.3 Å². The molecule has 1 saturated heterocycles. The van der Waals surface area contributed by atoms with Gasteiger partial charge in [-0.15, -0.1) is 0 Å². The van der Waals surface area contributed by atoms with Crippen LogP contribution in [0.15, 0.2) is 0 Å². The van der Waals surface area contributed by atoms with Gasteiger partial charge in [0.15, 0.2) is 6.29 Å². The zero-order valence-corrected chi connectivity index (χ0v) is 14.3. The second-order valence-corrected chi connectivity index (χ2v) is 6.40. The Hall–Kier alpha value is -0.240. The fraction of sp³-hybridized carbons (Fsp3) is 1.00. The van der Waals surface area contributed by atoms with E-state index in [-0.39, 0.29) is 0 Å². The molecule has 4 N–H and O–H groups in total. The molecule has 1 aliphatic heterocycles. The minimum atomic E-state index is -1.37. The fourth-order valence-electron chi connectivity index (χ4n) is 2.82. The van der Waals surface area contributed by atoms with E-state index in [0.717, 1.165) is 12.8 Å². The minimum Gasteiger partial charge on any atom is -0.394 e. The first-order valence-electron chi connectivity index (χ1n) is 9.04. The van der Waals surface area contributed by atoms with Gasteiger partial charge in [0, 0.05) is 6.61 Å². The van der Waals surface area contributed by atoms with Gasteiger partial charge in [0.25, 0.3) is 0 Å². The maximum Gasteiger partial charge on any atom is 0.186 e. The molecule has 0 unspecified atom stereocenters. The summed E-state index contributed by atoms with van der Waals surface area (Å²) in [5, 5.41) is 38.2. The highest BCUT2D eigenvalue weighted by molar-refractivity contribution is 4.88. The first-order chi connectivity index (χ1) is 11.1. The fourth-order valence-corrected chi connectivity index (χ4v) is 2.82. The number of aliphatic hydroxyl groups excluding tert-OH is 4. The molecular formula is C17H34O6. The van der Waals surface area contributed by atoms with E-state index in [0.29, 0.717) is 6.61 Å². The molecule has 0 aromatic rings. The van der Waals surface area contributed by atoms with Crippen LogP contribution >= 0.6 is 0 Å². The molecule has 1 heterocycles. The van der Waals surface area contributed by atoms with Crippen molar-refractivity contribution in [3.8, 4) is 0 Å². The van der Waals surface area contributed by atoms with Gasteiger partial charge in [0.2, 0.25) is 0 Å². The summed E-state index contributed by atoms with van der Waals surface area (Å²) in [5.41, 5.74) is 0. The average molecular weight is 334 g/mol. The molecule has 6 nitrogen and oxygen atoms in total. The topological polar surface area (TPSA) is 99.4 Å². The summed E-state index contributed by atoms with van der Waals surface area (Å²) in [6, 6.07) is 0. The second-order valence-electron chi connectivity index (χ2n) is 6.40. The number of aliphatic hydroxyl groups is 4. The van der Waals surface area contributed by atoms with Crippen LogP contribution in [0.5, 0.6) is 0 Å². The SMILES string of the molecule is CCCCCCCCCCCO[C@@H]1O[C@H](CO)[C@@H](O)[C@@H](O)[C@H]1O. The zero-order valence-electron chi connectivity index (χ0n) is 14.3. The molecule has 1 aliphatic rings. The van der Waals surface area contributed by atoms with Crippen LogP contribution in [0.3, 0.4) is 0 Å². The smallest absolute Gasteiger partial charge is 0.186 e. The van der Waals surface area contributed by atoms with Crippen molar-refractivity contribution in [2.75, 3.05) is 13.2 Å². The molecule has 0 aliphatic carbocycles. The van der Waals surface area contributed by atoms with Gasteiger partial charge < -0.3 is 29.9 Å². The van der Waals surface area contributed by atoms with Crippen molar-refractivity contribution in [2.24, 2.45) is 0 Å². The van der Waals surface area contributed by atoms with Crippen LogP contribution < -0.4 is 0 Å². The van der Waals surface area contributed by atoms with E-state index < -0.39 is 37.3 Å². The normalized spacial score (nSPS) is 31.4. The van der Waals surface area contributed by atoms with Crippen molar-refractivity contribution in [3.63, 3.8) is 0 Å². The molecule has 0 amide bonds. The van der Waals surface area contributed by atoms with Crippen LogP contribution in [0.2, 0.25) is 0 Å². The van der Waals surface area contributed by atoms with Crippen molar-refractivity contribution >= 4 is 0 Å². The van der Waals surface area contributed by atoms with Gasteiger partial charge in [0.05, 0.1) is 6.61 Å². The highest BCUT2D eigenvalue weighted by atomic mass is 16.7. The number of rotatable bonds is 12. The molecule has 1 fully saturated rings. The third-order valence-electron chi connectivity index (χ3n) is 4.38. The van der Waals surface area contributed by atoms with Crippen LogP contribution in [0.1, 0.15) is 64.7 Å². The summed E-state index contributed by atoms with van der Waals surface area (Å²) in [6.45, 7) is 2.22. The van der Waals surface area contributed by atoms with E-state index in [1.807, 2.05) is 0 Å². The highest BCUT2D eigenvalue weighted by Crippen LogP contribution is 2.22. The van der Waals surface area contributed by atoms with E-state index in [9.17, 15) is 15.3 Å². The van der Waals surface area contributed by atoms with Crippen LogP contribution in [-0.2, 0) is 9.47 Å². The second kappa shape index (κ2) is 12.2. The Balaban J connectivity index is 2.06. The molecular weight excluding hydrogens is 300 g/mol. The first kappa shape index (κ1) is 20.8. The highest BCUT2D eigenvalue weighted by Gasteiger charge is 2.43. The minimum absolute atomic E-state index is 0.428. The van der Waals surface area contributed by atoms with Gasteiger partial charge in [-0.2, -0.15) is 0 Å². The lowest BCUT2D eigenvalue weighted by Gasteiger charge is -2.39. The van der Waals surface area contributed by atoms with Gasteiger partial charge in [-0.3, -0.25) is 0 Å². The number of unbranched alkanes of at least 4 members (excludes halogenated alkanes) is 8. The molecule has 0 spiro atoms. The molecule has 0 radical (unpaired) electrons. The first-order valence-corrected chi connectivity index (χ1v) is 9.04. The summed E-state index contributed by atoms with van der Waals surface area (Å²) >= 11 is 0. The van der Waals surface area contributed by atoms with E-state index >= 15 is 0 Å². The number of ether oxygens (including phenoxy) is 2. The Morgan fingerprint density at radius 2 is 1.35 bits per heavy atom. The Labute approximate surface area is 139 Å². The lowest BCUT2D eigenvalue weighted by molar-refractivity contribution is -0.301. The molecule has 0 aromatic carbocycles. The monoisotopic (exact) mass is 334 g/mol. The van der Waals surface area contributed by atoms with Crippen molar-refractivity contribution in [2.45, 2.75) is 95.4 Å². The Bertz CT molecular complexity index is 286. The predicted molar refractivity (Wildman–Crippen MR) is 86.9 cm³/mol. The molecule has 6 heteroatoms. The van der Waals surface area contributed by atoms with Crippen molar-refractivity contribution in [1.29, 1.82) is 0 Å². The molecule has 0 saturated carbocycles. The lowest BCUT2D eigenvalue weighted by Crippen LogP contribution is -2.59. The Morgan fingerprint density at radius 3 is 1.91 bits per heavy atom. The van der Waals surface area contributed by atoms with Crippen LogP contribution in [0.4, 0.5) is 0 Å². The molecule has 5 atom stereocenters. The lowest BCUT2D eigenvalue weighted by atomic mass is 9.99. The third-order valence-corrected chi connectivity index (χ3v) is 4.38. The van der Waals surface area contributed by atoms with Crippen molar-refractivity contribution in [1.82, 2.24) is 0 Å². The van der Waals surface area contributed by atoms with Gasteiger partial charge in [0.1, 0.15) is 24.4 Å². The van der Waals surface area contributed by atoms with Crippen LogP contribution in [0.25, 0.3) is 0 Å². The van der Waals surface area contributed by atoms with E-state index in [2.05, 4.69) is 6.92 Å². The Kier molecular flexibility index (Phi) is 11.0. The van der Waals surface area contributed by atoms with E-state index in [1.54, 1.807) is 0 Å². The number of hydrogen-bond acceptors (Lipinski definition) is 6. The number of hydrogen-bond donors (Lipinski definition) is 4. The van der Waals surface area contributed by atoms with Crippen molar-refractivity contribution in [3.05, 3.63) is 0 Å². The molecule has 0 bridgehead atoms. The van der Waals surface area contributed by atoms with Crippen LogP contribution in [0, 0.1) is 0 Å². The van der Waals surface area contributed by atoms with Gasteiger partial charge >= 0.3 is 0 Å². The van der Waals surface area contributed by atoms with E-state index in [4.69, 9.17) is 14.6 Å². The summed E-state index contributed by atoms with van der Waals surface area (Å²) in [5.74, 6) is 0. The average Bonchev–Trinajstić information content (AvgIpc) is 2.56. The quantitative estimate of drug-likeness (QED) is 0.402. The predicted octanol–water partition coefficient (Wildman–Crippen LogP) is 1.33. The van der Waals surface area contributed by atoms with Crippen molar-refractivity contribution < 1.29 is 29.9 Å². The summed E-state index contributed by atoms with van der Waals surface area (Å²) in [7, 11) is 0. The summed E-state index contributed by atoms with van der Waals surface area (Å²) in [6.07, 6.45) is 4.97. The summed E-state index contributed by atoms with van der Waals surface area (Å²) in [4.78, 5) is 0. The molecule has 23 heavy (non-hydrogen) atoms. The standard InChI is InChI=1S/C17H34O6/c1-2-3-4-5-6-7-8-9-10-11-22-17-16(21)15(20)14(19)13(12-18)23-17/h13-21H,2-12H2,1H3/t13-,14-,15-,16-,17-/m1/s1. The molecule has 1 rings (SSSR count). The summed E-state index contributed by atoms with van der Waals surface area (Å²) < 4.78 is 10.7. The Morgan fingerprint density at radius 1 is 0.783 bits per heavy atom. The molecule has 0 aromatic heterocycles. The maximum atomic E-state index is 9.82. The van der Waals surface area contributed by atoms with Gasteiger partial charge in [-0.25, -0.2) is 0 Å². The maximum absolute atomic E-state index is 9.82. The van der Waals surface area contributed by atoms with Gasteiger partial charge in [-0.1, -0.05) is 58.3 Å². The van der Waals surface area contributed by atoms with E-state index in [1.165, 1.54) is 44.9 Å². The van der Waals surface area contributed by atoms with Gasteiger partial charge in [-0.05, 0) is 6.42 Å². The third kappa shape index (κ3) is 7.45. The largest absolute Gasteiger partial charge is 0.394 e.